The number of aromatic hydroxyl groups is 1. The number of primary amides is 1. The Morgan fingerprint density at radius 1 is 1.23 bits per heavy atom. The first-order valence-corrected chi connectivity index (χ1v) is 11.0. The van der Waals surface area contributed by atoms with Crippen molar-refractivity contribution in [1.82, 2.24) is 10.3 Å². The Kier molecular flexibility index (Phi) is 7.68. The summed E-state index contributed by atoms with van der Waals surface area (Å²) in [6.07, 6.45) is 2.11. The number of nitrogens with one attached hydrogen (secondary N) is 1. The third-order valence-electron chi connectivity index (χ3n) is 4.94. The Labute approximate surface area is 180 Å². The summed E-state index contributed by atoms with van der Waals surface area (Å²) >= 11 is 1.86. The zero-order valence-corrected chi connectivity index (χ0v) is 17.7. The lowest BCUT2D eigenvalue weighted by molar-refractivity contribution is 0.0997. The van der Waals surface area contributed by atoms with Crippen LogP contribution in [0.15, 0.2) is 54.7 Å². The van der Waals surface area contributed by atoms with E-state index in [1.807, 2.05) is 36.2 Å². The average Bonchev–Trinajstić information content (AvgIpc) is 2.75. The molecule has 1 amide bonds. The van der Waals surface area contributed by atoms with Gasteiger partial charge in [-0.15, -0.1) is 0 Å². The molecule has 0 spiro atoms. The smallest absolute Gasteiger partial charge is 0.252 e. The predicted molar refractivity (Wildman–Crippen MR) is 122 cm³/mol. The number of nitrogens with zero attached hydrogens (tertiary/aromatic N) is 1. The molecule has 3 aromatic rings. The van der Waals surface area contributed by atoms with E-state index in [-0.39, 0.29) is 17.4 Å². The van der Waals surface area contributed by atoms with Gasteiger partial charge in [0.2, 0.25) is 0 Å². The molecule has 3 rings (SSSR count). The van der Waals surface area contributed by atoms with Gasteiger partial charge in [0.25, 0.3) is 5.91 Å². The third-order valence-corrected chi connectivity index (χ3v) is 6.00. The minimum absolute atomic E-state index is 0.0131. The fourth-order valence-corrected chi connectivity index (χ4v) is 4.19. The highest BCUT2D eigenvalue weighted by molar-refractivity contribution is 7.98. The number of fused-ring (bicyclic) bond motifs is 1. The summed E-state index contributed by atoms with van der Waals surface area (Å²) in [6.45, 7) is 2.43. The van der Waals surface area contributed by atoms with Crippen LogP contribution in [-0.2, 0) is 5.75 Å². The van der Waals surface area contributed by atoms with Crippen LogP contribution in [0.2, 0.25) is 0 Å². The van der Waals surface area contributed by atoms with Crippen LogP contribution in [0.25, 0.3) is 10.9 Å². The minimum atomic E-state index is -0.789. The number of aliphatic hydroxyl groups excluding tert-OH is 1. The molecule has 2 aromatic carbocycles. The van der Waals surface area contributed by atoms with E-state index in [0.29, 0.717) is 12.1 Å². The summed E-state index contributed by atoms with van der Waals surface area (Å²) in [7, 11) is 0. The second-order valence-electron chi connectivity index (χ2n) is 7.34. The molecule has 0 aliphatic rings. The van der Waals surface area contributed by atoms with Gasteiger partial charge in [0.1, 0.15) is 5.75 Å². The number of para-hydroxylation sites is 1. The highest BCUT2D eigenvalue weighted by atomic mass is 32.2. The number of aromatic nitrogens is 1. The van der Waals surface area contributed by atoms with Crippen LogP contribution in [0.4, 0.5) is 0 Å². The fourth-order valence-electron chi connectivity index (χ4n) is 3.14. The Balaban J connectivity index is 1.40. The number of hydrogen-bond acceptors (Lipinski definition) is 6. The number of aliphatic hydroxyl groups is 1. The highest BCUT2D eigenvalue weighted by Gasteiger charge is 2.14. The van der Waals surface area contributed by atoms with Crippen LogP contribution in [0, 0.1) is 0 Å². The van der Waals surface area contributed by atoms with Gasteiger partial charge in [-0.3, -0.25) is 9.78 Å². The van der Waals surface area contributed by atoms with Crippen LogP contribution in [0.3, 0.4) is 0 Å². The molecule has 7 heteroatoms. The van der Waals surface area contributed by atoms with Gasteiger partial charge in [-0.25, -0.2) is 0 Å². The zero-order chi connectivity index (χ0) is 21.5. The summed E-state index contributed by atoms with van der Waals surface area (Å²) in [4.78, 5) is 15.8. The van der Waals surface area contributed by atoms with Gasteiger partial charge in [-0.1, -0.05) is 24.3 Å². The van der Waals surface area contributed by atoms with Gasteiger partial charge >= 0.3 is 0 Å². The normalized spacial score (nSPS) is 13.3. The number of rotatable bonds is 10. The first-order chi connectivity index (χ1) is 14.4. The molecule has 0 bridgehead atoms. The lowest BCUT2D eigenvalue weighted by Crippen LogP contribution is -2.31. The fraction of sp³-hybridized carbons (Fsp3) is 0.304. The number of hydrogen-bond donors (Lipinski definition) is 4. The van der Waals surface area contributed by atoms with Crippen LogP contribution >= 0.6 is 11.8 Å². The molecule has 6 nitrogen and oxygen atoms in total. The maximum atomic E-state index is 11.3. The van der Waals surface area contributed by atoms with Crippen molar-refractivity contribution in [2.45, 2.75) is 31.2 Å². The van der Waals surface area contributed by atoms with Crippen molar-refractivity contribution in [2.75, 3.05) is 12.3 Å². The van der Waals surface area contributed by atoms with E-state index >= 15 is 0 Å². The molecule has 0 aliphatic carbocycles. The van der Waals surface area contributed by atoms with E-state index in [2.05, 4.69) is 29.4 Å². The summed E-state index contributed by atoms with van der Waals surface area (Å²) in [6, 6.07) is 14.9. The third kappa shape index (κ3) is 5.95. The summed E-state index contributed by atoms with van der Waals surface area (Å²) < 4.78 is 0. The molecule has 158 valence electrons. The van der Waals surface area contributed by atoms with E-state index in [0.717, 1.165) is 28.8 Å². The molecule has 1 aromatic heterocycles. The summed E-state index contributed by atoms with van der Waals surface area (Å²) in [5, 5.41) is 24.5. The van der Waals surface area contributed by atoms with Gasteiger partial charge in [0.15, 0.2) is 0 Å². The molecular formula is C23H27N3O3S. The average molecular weight is 426 g/mol. The second-order valence-corrected chi connectivity index (χ2v) is 8.45. The monoisotopic (exact) mass is 425 g/mol. The molecule has 0 aliphatic heterocycles. The number of thioether (sulfide) groups is 1. The SMILES string of the molecule is CC(CCSCc1cnc2ccccc2c1)NCC(O)c1ccc(O)c(C(N)=O)c1. The minimum Gasteiger partial charge on any atom is -0.507 e. The molecule has 30 heavy (non-hydrogen) atoms. The van der Waals surface area contributed by atoms with Crippen molar-refractivity contribution in [3.63, 3.8) is 0 Å². The molecular weight excluding hydrogens is 398 g/mol. The number of phenols is 1. The van der Waals surface area contributed by atoms with Gasteiger partial charge in [0, 0.05) is 29.9 Å². The number of amides is 1. The van der Waals surface area contributed by atoms with Crippen LogP contribution in [0.1, 0.15) is 40.9 Å². The van der Waals surface area contributed by atoms with Crippen molar-refractivity contribution in [2.24, 2.45) is 5.73 Å². The molecule has 0 fully saturated rings. The van der Waals surface area contributed by atoms with Crippen LogP contribution in [-0.4, -0.2) is 39.4 Å². The quantitative estimate of drug-likeness (QED) is 0.371. The molecule has 0 saturated heterocycles. The first-order valence-electron chi connectivity index (χ1n) is 9.89. The van der Waals surface area contributed by atoms with Crippen molar-refractivity contribution in [3.8, 4) is 5.75 Å². The maximum Gasteiger partial charge on any atom is 0.252 e. The van der Waals surface area contributed by atoms with E-state index in [9.17, 15) is 15.0 Å². The van der Waals surface area contributed by atoms with Crippen molar-refractivity contribution < 1.29 is 15.0 Å². The summed E-state index contributed by atoms with van der Waals surface area (Å²) in [5.74, 6) is 0.999. The van der Waals surface area contributed by atoms with E-state index in [4.69, 9.17) is 5.73 Å². The van der Waals surface area contributed by atoms with Crippen LogP contribution in [0.5, 0.6) is 5.75 Å². The van der Waals surface area contributed by atoms with Crippen LogP contribution < -0.4 is 11.1 Å². The predicted octanol–water partition coefficient (Wildman–Crippen LogP) is 3.37. The van der Waals surface area contributed by atoms with Crippen molar-refractivity contribution in [3.05, 3.63) is 71.4 Å². The second kappa shape index (κ2) is 10.4. The Morgan fingerprint density at radius 2 is 2.03 bits per heavy atom. The molecule has 1 heterocycles. The van der Waals surface area contributed by atoms with Crippen molar-refractivity contribution >= 4 is 28.6 Å². The largest absolute Gasteiger partial charge is 0.507 e. The number of nitrogens with two attached hydrogens (primary N) is 1. The Hall–Kier alpha value is -2.61. The molecule has 0 saturated carbocycles. The van der Waals surface area contributed by atoms with Crippen molar-refractivity contribution in [1.29, 1.82) is 0 Å². The van der Waals surface area contributed by atoms with E-state index in [1.54, 1.807) is 6.07 Å². The lowest BCUT2D eigenvalue weighted by Gasteiger charge is -2.18. The molecule has 2 unspecified atom stereocenters. The van der Waals surface area contributed by atoms with Gasteiger partial charge in [-0.05, 0) is 54.5 Å². The number of carbonyl (C=O) groups is 1. The number of carbonyl (C=O) groups excluding carboxylic acids is 1. The van der Waals surface area contributed by atoms with Gasteiger partial charge in [-0.2, -0.15) is 11.8 Å². The molecule has 2 atom stereocenters. The Morgan fingerprint density at radius 3 is 2.83 bits per heavy atom. The number of benzene rings is 2. The standard InChI is InChI=1S/C23H27N3O3S/c1-15(25-13-22(28)18-6-7-21(27)19(11-18)23(24)29)8-9-30-14-16-10-17-4-2-3-5-20(17)26-12-16/h2-7,10-12,15,22,25,27-28H,8-9,13-14H2,1H3,(H2,24,29). The zero-order valence-electron chi connectivity index (χ0n) is 16.9. The summed E-state index contributed by atoms with van der Waals surface area (Å²) in [5.41, 5.74) is 8.02. The number of pyridine rings is 1. The van der Waals surface area contributed by atoms with Gasteiger partial charge < -0.3 is 21.3 Å². The molecule has 0 radical (unpaired) electrons. The Bertz CT molecular complexity index is 1010. The highest BCUT2D eigenvalue weighted by Crippen LogP contribution is 2.22. The topological polar surface area (TPSA) is 108 Å². The maximum absolute atomic E-state index is 11.3. The first kappa shape index (κ1) is 22.1. The lowest BCUT2D eigenvalue weighted by atomic mass is 10.0. The van der Waals surface area contributed by atoms with E-state index in [1.165, 1.54) is 17.7 Å². The van der Waals surface area contributed by atoms with Gasteiger partial charge in [0.05, 0.1) is 17.2 Å². The van der Waals surface area contributed by atoms with E-state index < -0.39 is 12.0 Å². The molecule has 5 N–H and O–H groups in total.